The number of carbonyl (C=O) groups excluding carboxylic acids is 1. The number of hydrogen-bond acceptors (Lipinski definition) is 3. The molecule has 3 nitrogen and oxygen atoms in total. The second-order valence-electron chi connectivity index (χ2n) is 4.23. The molecule has 1 amide bonds. The monoisotopic (exact) mass is 277 g/mol. The quantitative estimate of drug-likeness (QED) is 0.853. The molecule has 0 bridgehead atoms. The molecule has 1 N–H and O–H groups in total. The van der Waals surface area contributed by atoms with Crippen LogP contribution in [0.4, 0.5) is 0 Å². The molecule has 0 heterocycles. The van der Waals surface area contributed by atoms with Crippen LogP contribution in [0.25, 0.3) is 0 Å². The molecule has 4 heteroatoms. The largest absolute Gasteiger partial charge is 0.384 e. The highest BCUT2D eigenvalue weighted by Gasteiger charge is 2.14. The van der Waals surface area contributed by atoms with Crippen molar-refractivity contribution < 1.29 is 9.90 Å². The second kappa shape index (κ2) is 7.88. The Morgan fingerprint density at radius 1 is 1.47 bits per heavy atom. The van der Waals surface area contributed by atoms with E-state index in [-0.39, 0.29) is 12.5 Å². The van der Waals surface area contributed by atoms with Gasteiger partial charge in [-0.15, -0.1) is 0 Å². The van der Waals surface area contributed by atoms with E-state index in [0.29, 0.717) is 17.7 Å². The van der Waals surface area contributed by atoms with Gasteiger partial charge in [-0.2, -0.15) is 11.8 Å². The van der Waals surface area contributed by atoms with E-state index in [1.165, 1.54) is 0 Å². The van der Waals surface area contributed by atoms with E-state index in [1.54, 1.807) is 29.8 Å². The molecular formula is C15H19NO2S. The molecule has 0 unspecified atom stereocenters. The molecule has 1 aromatic carbocycles. The predicted octanol–water partition coefficient (Wildman–Crippen LogP) is 1.77. The topological polar surface area (TPSA) is 40.5 Å². The van der Waals surface area contributed by atoms with Crippen LogP contribution in [0.1, 0.15) is 21.5 Å². The summed E-state index contributed by atoms with van der Waals surface area (Å²) in [7, 11) is 1.79. The van der Waals surface area contributed by atoms with Crippen LogP contribution in [-0.4, -0.2) is 48.1 Å². The summed E-state index contributed by atoms with van der Waals surface area (Å²) < 4.78 is 0. The molecule has 0 saturated heterocycles. The summed E-state index contributed by atoms with van der Waals surface area (Å²) in [5, 5.41) is 8.78. The van der Waals surface area contributed by atoms with Crippen molar-refractivity contribution in [2.24, 2.45) is 0 Å². The Morgan fingerprint density at radius 3 is 2.84 bits per heavy atom. The Balaban J connectivity index is 3.01. The fourth-order valence-electron chi connectivity index (χ4n) is 1.62. The van der Waals surface area contributed by atoms with Crippen molar-refractivity contribution in [1.29, 1.82) is 0 Å². The Morgan fingerprint density at radius 2 is 2.21 bits per heavy atom. The highest BCUT2D eigenvalue weighted by Crippen LogP contribution is 2.13. The van der Waals surface area contributed by atoms with Gasteiger partial charge >= 0.3 is 0 Å². The molecule has 0 aliphatic heterocycles. The van der Waals surface area contributed by atoms with E-state index in [2.05, 4.69) is 11.8 Å². The normalized spacial score (nSPS) is 9.68. The summed E-state index contributed by atoms with van der Waals surface area (Å²) in [5.41, 5.74) is 2.32. The zero-order valence-electron chi connectivity index (χ0n) is 11.6. The van der Waals surface area contributed by atoms with Crippen molar-refractivity contribution in [2.45, 2.75) is 6.92 Å². The van der Waals surface area contributed by atoms with Crippen LogP contribution in [0.2, 0.25) is 0 Å². The maximum atomic E-state index is 12.3. The fourth-order valence-corrected chi connectivity index (χ4v) is 2.07. The number of nitrogens with zero attached hydrogens (tertiary/aromatic N) is 1. The number of amides is 1. The molecule has 102 valence electrons. The number of rotatable bonds is 4. The molecule has 0 spiro atoms. The van der Waals surface area contributed by atoms with E-state index >= 15 is 0 Å². The first-order chi connectivity index (χ1) is 9.10. The lowest BCUT2D eigenvalue weighted by molar-refractivity contribution is 0.0803. The predicted molar refractivity (Wildman–Crippen MR) is 80.5 cm³/mol. The summed E-state index contributed by atoms with van der Waals surface area (Å²) in [6, 6.07) is 5.58. The number of aliphatic hydroxyl groups excluding tert-OH is 1. The Bertz CT molecular complexity index is 503. The summed E-state index contributed by atoms with van der Waals surface area (Å²) in [5.74, 6) is 6.32. The standard InChI is InChI=1S/C15H19NO2S/c1-12-6-7-14(13(11-12)5-4-9-17)15(18)16(2)8-10-19-3/h6-7,11,17H,8-10H2,1-3H3. The van der Waals surface area contributed by atoms with Gasteiger partial charge in [-0.25, -0.2) is 0 Å². The number of hydrogen-bond donors (Lipinski definition) is 1. The van der Waals surface area contributed by atoms with Crippen LogP contribution >= 0.6 is 11.8 Å². The zero-order chi connectivity index (χ0) is 14.3. The van der Waals surface area contributed by atoms with E-state index in [1.807, 2.05) is 25.3 Å². The van der Waals surface area contributed by atoms with Gasteiger partial charge in [0.15, 0.2) is 0 Å². The fraction of sp³-hybridized carbons (Fsp3) is 0.400. The van der Waals surface area contributed by atoms with Gasteiger partial charge in [-0.05, 0) is 30.9 Å². The van der Waals surface area contributed by atoms with Crippen LogP contribution in [0.3, 0.4) is 0 Å². The van der Waals surface area contributed by atoms with Gasteiger partial charge in [0, 0.05) is 24.9 Å². The van der Waals surface area contributed by atoms with Crippen molar-refractivity contribution in [1.82, 2.24) is 4.90 Å². The molecule has 1 aromatic rings. The smallest absolute Gasteiger partial charge is 0.254 e. The van der Waals surface area contributed by atoms with E-state index in [9.17, 15) is 4.79 Å². The van der Waals surface area contributed by atoms with Crippen molar-refractivity contribution in [2.75, 3.05) is 32.2 Å². The average molecular weight is 277 g/mol. The first kappa shape index (κ1) is 15.6. The maximum absolute atomic E-state index is 12.3. The molecule has 0 aliphatic carbocycles. The molecule has 0 radical (unpaired) electrons. The van der Waals surface area contributed by atoms with Crippen LogP contribution in [0.5, 0.6) is 0 Å². The molecule has 0 atom stereocenters. The summed E-state index contributed by atoms with van der Waals surface area (Å²) in [4.78, 5) is 14.0. The van der Waals surface area contributed by atoms with E-state index in [0.717, 1.165) is 11.3 Å². The van der Waals surface area contributed by atoms with Crippen molar-refractivity contribution in [3.05, 3.63) is 34.9 Å². The van der Waals surface area contributed by atoms with Crippen molar-refractivity contribution in [3.8, 4) is 11.8 Å². The SMILES string of the molecule is CSCCN(C)C(=O)c1ccc(C)cc1C#CCO. The zero-order valence-corrected chi connectivity index (χ0v) is 12.4. The van der Waals surface area contributed by atoms with Gasteiger partial charge in [0.1, 0.15) is 6.61 Å². The first-order valence-corrected chi connectivity index (χ1v) is 7.44. The molecule has 1 rings (SSSR count). The Labute approximate surface area is 119 Å². The minimum Gasteiger partial charge on any atom is -0.384 e. The third-order valence-electron chi connectivity index (χ3n) is 2.69. The lowest BCUT2D eigenvalue weighted by Crippen LogP contribution is -2.29. The third-order valence-corrected chi connectivity index (χ3v) is 3.28. The molecule has 0 aromatic heterocycles. The van der Waals surface area contributed by atoms with Crippen LogP contribution in [0.15, 0.2) is 18.2 Å². The Kier molecular flexibility index (Phi) is 6.48. The van der Waals surface area contributed by atoms with Crippen molar-refractivity contribution in [3.63, 3.8) is 0 Å². The van der Waals surface area contributed by atoms with Crippen molar-refractivity contribution >= 4 is 17.7 Å². The average Bonchev–Trinajstić information content (AvgIpc) is 2.41. The second-order valence-corrected chi connectivity index (χ2v) is 5.21. The molecule has 0 fully saturated rings. The maximum Gasteiger partial charge on any atom is 0.254 e. The summed E-state index contributed by atoms with van der Waals surface area (Å²) in [6.45, 7) is 2.46. The highest BCUT2D eigenvalue weighted by molar-refractivity contribution is 7.98. The first-order valence-electron chi connectivity index (χ1n) is 6.05. The lowest BCUT2D eigenvalue weighted by Gasteiger charge is -2.17. The summed E-state index contributed by atoms with van der Waals surface area (Å²) >= 11 is 1.71. The molecule has 19 heavy (non-hydrogen) atoms. The number of aryl methyl sites for hydroxylation is 1. The molecule has 0 aliphatic rings. The van der Waals surface area contributed by atoms with Crippen LogP contribution in [0, 0.1) is 18.8 Å². The highest BCUT2D eigenvalue weighted by atomic mass is 32.2. The lowest BCUT2D eigenvalue weighted by atomic mass is 10.0. The van der Waals surface area contributed by atoms with Gasteiger partial charge in [0.25, 0.3) is 5.91 Å². The van der Waals surface area contributed by atoms with Gasteiger partial charge < -0.3 is 10.0 Å². The van der Waals surface area contributed by atoms with Crippen LogP contribution in [-0.2, 0) is 0 Å². The van der Waals surface area contributed by atoms with Gasteiger partial charge in [0.2, 0.25) is 0 Å². The summed E-state index contributed by atoms with van der Waals surface area (Å²) in [6.07, 6.45) is 2.02. The number of benzene rings is 1. The van der Waals surface area contributed by atoms with E-state index in [4.69, 9.17) is 5.11 Å². The van der Waals surface area contributed by atoms with Gasteiger partial charge in [0.05, 0.1) is 5.56 Å². The van der Waals surface area contributed by atoms with Gasteiger partial charge in [-0.3, -0.25) is 4.79 Å². The number of thioether (sulfide) groups is 1. The number of aliphatic hydroxyl groups is 1. The molecule has 0 saturated carbocycles. The third kappa shape index (κ3) is 4.62. The Hall–Kier alpha value is -1.44. The molecular weight excluding hydrogens is 258 g/mol. The van der Waals surface area contributed by atoms with Crippen LogP contribution < -0.4 is 0 Å². The van der Waals surface area contributed by atoms with E-state index < -0.39 is 0 Å². The minimum absolute atomic E-state index is 0.0312. The van der Waals surface area contributed by atoms with Gasteiger partial charge in [-0.1, -0.05) is 17.9 Å². The minimum atomic E-state index is -0.204. The number of carbonyl (C=O) groups is 1.